The number of benzene rings is 1. The van der Waals surface area contributed by atoms with Gasteiger partial charge in [-0.3, -0.25) is 4.79 Å². The molecule has 1 aromatic carbocycles. The largest absolute Gasteiger partial charge is 0.508 e. The number of hydrogen-bond donors (Lipinski definition) is 4. The Labute approximate surface area is 110 Å². The van der Waals surface area contributed by atoms with E-state index in [0.29, 0.717) is 5.56 Å². The first kappa shape index (κ1) is 14.4. The van der Waals surface area contributed by atoms with Gasteiger partial charge in [-0.2, -0.15) is 12.6 Å². The van der Waals surface area contributed by atoms with Crippen molar-refractivity contribution in [2.45, 2.75) is 24.6 Å². The Morgan fingerprint density at radius 1 is 1.33 bits per heavy atom. The zero-order valence-corrected chi connectivity index (χ0v) is 10.7. The van der Waals surface area contributed by atoms with Crippen molar-refractivity contribution in [3.63, 3.8) is 0 Å². The highest BCUT2D eigenvalue weighted by molar-refractivity contribution is 7.81. The third-order valence-corrected chi connectivity index (χ3v) is 2.60. The number of amides is 1. The number of thiol groups is 1. The summed E-state index contributed by atoms with van der Waals surface area (Å²) in [6.45, 7) is 1.57. The molecule has 1 rings (SSSR count). The van der Waals surface area contributed by atoms with Gasteiger partial charge in [0, 0.05) is 6.42 Å². The van der Waals surface area contributed by atoms with Gasteiger partial charge in [-0.05, 0) is 24.6 Å². The lowest BCUT2D eigenvalue weighted by Gasteiger charge is -2.15. The van der Waals surface area contributed by atoms with Crippen LogP contribution in [0.25, 0.3) is 0 Å². The molecule has 0 heterocycles. The van der Waals surface area contributed by atoms with E-state index >= 15 is 0 Å². The zero-order chi connectivity index (χ0) is 13.7. The van der Waals surface area contributed by atoms with Gasteiger partial charge in [0.15, 0.2) is 0 Å². The van der Waals surface area contributed by atoms with Crippen molar-refractivity contribution < 1.29 is 19.8 Å². The van der Waals surface area contributed by atoms with E-state index in [2.05, 4.69) is 17.9 Å². The lowest BCUT2D eigenvalue weighted by molar-refractivity contribution is -0.141. The Bertz CT molecular complexity index is 430. The summed E-state index contributed by atoms with van der Waals surface area (Å²) in [5.74, 6) is -1.42. The van der Waals surface area contributed by atoms with Gasteiger partial charge >= 0.3 is 5.97 Å². The number of phenolic OH excluding ortho intramolecular Hbond substituents is 1. The van der Waals surface area contributed by atoms with Crippen molar-refractivity contribution in [1.29, 1.82) is 0 Å². The number of aliphatic carboxylic acids is 1. The second-order valence-corrected chi connectivity index (χ2v) is 4.72. The maximum absolute atomic E-state index is 11.4. The molecule has 0 aliphatic rings. The minimum atomic E-state index is -1.11. The third kappa shape index (κ3) is 4.29. The zero-order valence-electron chi connectivity index (χ0n) is 9.83. The van der Waals surface area contributed by atoms with Crippen LogP contribution >= 0.6 is 12.6 Å². The molecule has 6 heteroatoms. The summed E-state index contributed by atoms with van der Waals surface area (Å²) in [6.07, 6.45) is 0.155. The molecule has 0 radical (unpaired) electrons. The fourth-order valence-corrected chi connectivity index (χ4v) is 1.43. The summed E-state index contributed by atoms with van der Waals surface area (Å²) < 4.78 is 0. The highest BCUT2D eigenvalue weighted by Gasteiger charge is 2.21. The molecule has 0 aromatic heterocycles. The average Bonchev–Trinajstić information content (AvgIpc) is 2.30. The van der Waals surface area contributed by atoms with Gasteiger partial charge in [0.05, 0.1) is 5.25 Å². The molecule has 0 bridgehead atoms. The molecule has 5 nitrogen and oxygen atoms in total. The normalized spacial score (nSPS) is 13.7. The molecule has 1 aromatic rings. The highest BCUT2D eigenvalue weighted by Crippen LogP contribution is 2.11. The van der Waals surface area contributed by atoms with E-state index in [0.717, 1.165) is 0 Å². The molecule has 2 atom stereocenters. The predicted octanol–water partition coefficient (Wildman–Crippen LogP) is 0.822. The Morgan fingerprint density at radius 3 is 2.33 bits per heavy atom. The van der Waals surface area contributed by atoms with E-state index in [4.69, 9.17) is 10.2 Å². The van der Waals surface area contributed by atoms with Gasteiger partial charge in [0.25, 0.3) is 0 Å². The Morgan fingerprint density at radius 2 is 1.89 bits per heavy atom. The van der Waals surface area contributed by atoms with Crippen LogP contribution in [0.4, 0.5) is 0 Å². The first-order valence-electron chi connectivity index (χ1n) is 5.39. The predicted molar refractivity (Wildman–Crippen MR) is 69.8 cm³/mol. The monoisotopic (exact) mass is 269 g/mol. The van der Waals surface area contributed by atoms with Crippen LogP contribution in [0.3, 0.4) is 0 Å². The maximum Gasteiger partial charge on any atom is 0.326 e. The first-order chi connectivity index (χ1) is 8.40. The van der Waals surface area contributed by atoms with Crippen LogP contribution in [0.1, 0.15) is 12.5 Å². The Kier molecular flexibility index (Phi) is 5.03. The van der Waals surface area contributed by atoms with Crippen LogP contribution in [0.15, 0.2) is 24.3 Å². The van der Waals surface area contributed by atoms with Crippen molar-refractivity contribution in [1.82, 2.24) is 5.32 Å². The molecule has 1 amide bonds. The maximum atomic E-state index is 11.4. The lowest BCUT2D eigenvalue weighted by atomic mass is 10.1. The van der Waals surface area contributed by atoms with Crippen LogP contribution in [0.5, 0.6) is 5.75 Å². The van der Waals surface area contributed by atoms with Crippen LogP contribution in [-0.4, -0.2) is 33.4 Å². The summed E-state index contributed by atoms with van der Waals surface area (Å²) in [4.78, 5) is 22.5. The van der Waals surface area contributed by atoms with Crippen molar-refractivity contribution in [2.75, 3.05) is 0 Å². The van der Waals surface area contributed by atoms with Gasteiger partial charge in [-0.25, -0.2) is 4.79 Å². The van der Waals surface area contributed by atoms with Gasteiger partial charge in [0.1, 0.15) is 11.8 Å². The molecule has 98 valence electrons. The second-order valence-electron chi connectivity index (χ2n) is 3.95. The van der Waals surface area contributed by atoms with Crippen molar-refractivity contribution in [3.8, 4) is 5.75 Å². The second kappa shape index (κ2) is 6.30. The highest BCUT2D eigenvalue weighted by atomic mass is 32.1. The number of carboxylic acids is 1. The molecule has 0 spiro atoms. The van der Waals surface area contributed by atoms with E-state index in [-0.39, 0.29) is 12.2 Å². The van der Waals surface area contributed by atoms with Gasteiger partial charge in [-0.1, -0.05) is 12.1 Å². The number of carbonyl (C=O) groups is 2. The topological polar surface area (TPSA) is 86.6 Å². The van der Waals surface area contributed by atoms with Crippen LogP contribution in [-0.2, 0) is 16.0 Å². The van der Waals surface area contributed by atoms with Crippen LogP contribution in [0.2, 0.25) is 0 Å². The van der Waals surface area contributed by atoms with Crippen molar-refractivity contribution >= 4 is 24.5 Å². The third-order valence-electron chi connectivity index (χ3n) is 2.37. The standard InChI is InChI=1S/C12H15NO4S/c1-7(18)11(15)13-10(12(16)17)6-8-2-4-9(14)5-3-8/h2-5,7,10,14,18H,6H2,1H3,(H,13,15)(H,16,17)/t7-,10-/m0/s1. The summed E-state index contributed by atoms with van der Waals surface area (Å²) in [6, 6.07) is 5.16. The number of aromatic hydroxyl groups is 1. The minimum Gasteiger partial charge on any atom is -0.508 e. The molecule has 0 aliphatic heterocycles. The molecule has 0 aliphatic carbocycles. The van der Waals surface area contributed by atoms with Crippen LogP contribution in [0, 0.1) is 0 Å². The number of rotatable bonds is 5. The van der Waals surface area contributed by atoms with Crippen molar-refractivity contribution in [2.24, 2.45) is 0 Å². The molecule has 0 saturated heterocycles. The van der Waals surface area contributed by atoms with E-state index in [9.17, 15) is 9.59 Å². The van der Waals surface area contributed by atoms with E-state index in [1.54, 1.807) is 19.1 Å². The minimum absolute atomic E-state index is 0.110. The smallest absolute Gasteiger partial charge is 0.326 e. The van der Waals surface area contributed by atoms with Crippen LogP contribution < -0.4 is 5.32 Å². The molecule has 0 saturated carbocycles. The van der Waals surface area contributed by atoms with Gasteiger partial charge < -0.3 is 15.5 Å². The van der Waals surface area contributed by atoms with E-state index < -0.39 is 23.2 Å². The summed E-state index contributed by atoms with van der Waals surface area (Å²) >= 11 is 3.94. The summed E-state index contributed by atoms with van der Waals surface area (Å²) in [5, 5.41) is 20.0. The summed E-state index contributed by atoms with van der Waals surface area (Å²) in [5.41, 5.74) is 0.715. The summed E-state index contributed by atoms with van der Waals surface area (Å²) in [7, 11) is 0. The lowest BCUT2D eigenvalue weighted by Crippen LogP contribution is -2.44. The molecular formula is C12H15NO4S. The van der Waals surface area contributed by atoms with Crippen molar-refractivity contribution in [3.05, 3.63) is 29.8 Å². The Balaban J connectivity index is 2.72. The van der Waals surface area contributed by atoms with E-state index in [1.807, 2.05) is 0 Å². The molecule has 3 N–H and O–H groups in total. The molecule has 0 fully saturated rings. The molecule has 18 heavy (non-hydrogen) atoms. The number of nitrogens with one attached hydrogen (secondary N) is 1. The van der Waals surface area contributed by atoms with Gasteiger partial charge in [0.2, 0.25) is 5.91 Å². The SMILES string of the molecule is C[C@H](S)C(=O)N[C@@H](Cc1ccc(O)cc1)C(=O)O. The fraction of sp³-hybridized carbons (Fsp3) is 0.333. The fourth-order valence-electron chi connectivity index (χ4n) is 1.36. The average molecular weight is 269 g/mol. The molecular weight excluding hydrogens is 254 g/mol. The van der Waals surface area contributed by atoms with E-state index in [1.165, 1.54) is 12.1 Å². The first-order valence-corrected chi connectivity index (χ1v) is 5.91. The number of carboxylic acid groups (broad SMARTS) is 1. The number of phenols is 1. The number of carbonyl (C=O) groups excluding carboxylic acids is 1. The quantitative estimate of drug-likeness (QED) is 0.596. The Hall–Kier alpha value is -1.69. The molecule has 0 unspecified atom stereocenters. The van der Waals surface area contributed by atoms with Gasteiger partial charge in [-0.15, -0.1) is 0 Å². The number of hydrogen-bond acceptors (Lipinski definition) is 4.